The van der Waals surface area contributed by atoms with Crippen molar-refractivity contribution in [1.29, 1.82) is 0 Å². The van der Waals surface area contributed by atoms with Gasteiger partial charge in [-0.05, 0) is 37.6 Å². The second-order valence-corrected chi connectivity index (χ2v) is 4.01. The standard InChI is InChI=1S/C15H14O2/c1-11-13(7-10-15(11)16)6-3-12-4-8-14(17-2)9-5-12/h4-5,8-9H,7,10H2,1-2H3. The summed E-state index contributed by atoms with van der Waals surface area (Å²) in [6.45, 7) is 1.85. The predicted octanol–water partition coefficient (Wildman–Crippen LogP) is 2.73. The van der Waals surface area contributed by atoms with Gasteiger partial charge >= 0.3 is 0 Å². The van der Waals surface area contributed by atoms with Crippen molar-refractivity contribution in [1.82, 2.24) is 0 Å². The van der Waals surface area contributed by atoms with Crippen LogP contribution >= 0.6 is 0 Å². The fraction of sp³-hybridized carbons (Fsp3) is 0.267. The van der Waals surface area contributed by atoms with Gasteiger partial charge in [0.1, 0.15) is 5.75 Å². The van der Waals surface area contributed by atoms with Crippen molar-refractivity contribution in [3.05, 3.63) is 41.0 Å². The van der Waals surface area contributed by atoms with Crippen LogP contribution in [-0.4, -0.2) is 12.9 Å². The molecule has 2 rings (SSSR count). The number of allylic oxidation sites excluding steroid dienone is 2. The van der Waals surface area contributed by atoms with E-state index < -0.39 is 0 Å². The van der Waals surface area contributed by atoms with Crippen LogP contribution in [0.1, 0.15) is 25.3 Å². The highest BCUT2D eigenvalue weighted by molar-refractivity contribution is 5.99. The van der Waals surface area contributed by atoms with Crippen LogP contribution in [0.5, 0.6) is 5.75 Å². The van der Waals surface area contributed by atoms with Gasteiger partial charge in [0.2, 0.25) is 0 Å². The number of ketones is 1. The van der Waals surface area contributed by atoms with Crippen LogP contribution < -0.4 is 4.74 Å². The van der Waals surface area contributed by atoms with Crippen LogP contribution in [0, 0.1) is 11.8 Å². The molecule has 1 aromatic carbocycles. The highest BCUT2D eigenvalue weighted by Gasteiger charge is 2.17. The maximum atomic E-state index is 11.3. The normalized spacial score (nSPS) is 14.6. The summed E-state index contributed by atoms with van der Waals surface area (Å²) in [6, 6.07) is 7.59. The molecule has 1 aliphatic rings. The number of ether oxygens (including phenoxy) is 1. The molecule has 0 aliphatic heterocycles. The molecule has 0 saturated carbocycles. The molecule has 1 aliphatic carbocycles. The van der Waals surface area contributed by atoms with Crippen molar-refractivity contribution in [2.24, 2.45) is 0 Å². The van der Waals surface area contributed by atoms with Crippen LogP contribution in [0.2, 0.25) is 0 Å². The van der Waals surface area contributed by atoms with Crippen LogP contribution in [0.15, 0.2) is 35.4 Å². The van der Waals surface area contributed by atoms with E-state index in [2.05, 4.69) is 11.8 Å². The van der Waals surface area contributed by atoms with E-state index >= 15 is 0 Å². The molecule has 0 amide bonds. The van der Waals surface area contributed by atoms with Crippen molar-refractivity contribution in [3.8, 4) is 17.6 Å². The van der Waals surface area contributed by atoms with Crippen LogP contribution in [0.25, 0.3) is 0 Å². The molecule has 0 heterocycles. The molecule has 0 saturated heterocycles. The largest absolute Gasteiger partial charge is 0.497 e. The molecular weight excluding hydrogens is 212 g/mol. The third-order valence-electron chi connectivity index (χ3n) is 2.92. The lowest BCUT2D eigenvalue weighted by Gasteiger charge is -1.97. The average Bonchev–Trinajstić information content (AvgIpc) is 2.68. The molecule has 1 aromatic rings. The fourth-order valence-electron chi connectivity index (χ4n) is 1.76. The lowest BCUT2D eigenvalue weighted by molar-refractivity contribution is -0.114. The smallest absolute Gasteiger partial charge is 0.159 e. The average molecular weight is 226 g/mol. The minimum atomic E-state index is 0.226. The zero-order valence-corrected chi connectivity index (χ0v) is 10.0. The quantitative estimate of drug-likeness (QED) is 0.688. The van der Waals surface area contributed by atoms with E-state index in [1.807, 2.05) is 31.2 Å². The van der Waals surface area contributed by atoms with Crippen molar-refractivity contribution < 1.29 is 9.53 Å². The minimum absolute atomic E-state index is 0.226. The van der Waals surface area contributed by atoms with Crippen molar-refractivity contribution in [2.45, 2.75) is 19.8 Å². The molecule has 17 heavy (non-hydrogen) atoms. The van der Waals surface area contributed by atoms with E-state index in [0.717, 1.165) is 28.9 Å². The first-order chi connectivity index (χ1) is 8.20. The summed E-state index contributed by atoms with van der Waals surface area (Å²) in [4.78, 5) is 11.3. The summed E-state index contributed by atoms with van der Waals surface area (Å²) in [6.07, 6.45) is 1.40. The van der Waals surface area contributed by atoms with E-state index in [1.54, 1.807) is 7.11 Å². The molecule has 0 spiro atoms. The summed E-state index contributed by atoms with van der Waals surface area (Å²) < 4.78 is 5.08. The fourth-order valence-corrected chi connectivity index (χ4v) is 1.76. The van der Waals surface area contributed by atoms with E-state index in [1.165, 1.54) is 0 Å². The van der Waals surface area contributed by atoms with Gasteiger partial charge in [-0.1, -0.05) is 11.8 Å². The van der Waals surface area contributed by atoms with E-state index in [-0.39, 0.29) is 5.78 Å². The van der Waals surface area contributed by atoms with Crippen molar-refractivity contribution in [2.75, 3.05) is 7.11 Å². The topological polar surface area (TPSA) is 26.3 Å². The second-order valence-electron chi connectivity index (χ2n) is 4.01. The van der Waals surface area contributed by atoms with Gasteiger partial charge in [0.05, 0.1) is 7.11 Å². The van der Waals surface area contributed by atoms with Crippen molar-refractivity contribution >= 4 is 5.78 Å². The summed E-state index contributed by atoms with van der Waals surface area (Å²) in [5, 5.41) is 0. The van der Waals surface area contributed by atoms with Crippen LogP contribution in [-0.2, 0) is 4.79 Å². The lowest BCUT2D eigenvalue weighted by atomic mass is 10.1. The Kier molecular flexibility index (Phi) is 3.30. The van der Waals surface area contributed by atoms with Crippen LogP contribution in [0.3, 0.4) is 0 Å². The minimum Gasteiger partial charge on any atom is -0.497 e. The van der Waals surface area contributed by atoms with E-state index in [0.29, 0.717) is 6.42 Å². The van der Waals surface area contributed by atoms with Gasteiger partial charge in [0, 0.05) is 23.1 Å². The number of hydrogen-bond donors (Lipinski definition) is 0. The molecule has 0 aromatic heterocycles. The number of carbonyl (C=O) groups excluding carboxylic acids is 1. The van der Waals surface area contributed by atoms with Gasteiger partial charge in [0.15, 0.2) is 5.78 Å². The molecule has 0 fully saturated rings. The van der Waals surface area contributed by atoms with Gasteiger partial charge in [0.25, 0.3) is 0 Å². The molecule has 2 nitrogen and oxygen atoms in total. The van der Waals surface area contributed by atoms with Crippen LogP contribution in [0.4, 0.5) is 0 Å². The molecule has 0 N–H and O–H groups in total. The Morgan fingerprint density at radius 1 is 1.12 bits per heavy atom. The third kappa shape index (κ3) is 2.57. The monoisotopic (exact) mass is 226 g/mol. The Bertz CT molecular complexity index is 524. The molecule has 0 radical (unpaired) electrons. The Labute approximate surface area is 101 Å². The number of Topliss-reactive ketones (excluding diaryl/α,β-unsaturated/α-hetero) is 1. The molecule has 2 heteroatoms. The number of methoxy groups -OCH3 is 1. The number of hydrogen-bond acceptors (Lipinski definition) is 2. The summed E-state index contributed by atoms with van der Waals surface area (Å²) in [5.74, 6) is 7.20. The van der Waals surface area contributed by atoms with Gasteiger partial charge in [-0.15, -0.1) is 0 Å². The summed E-state index contributed by atoms with van der Waals surface area (Å²) in [5.41, 5.74) is 2.74. The maximum Gasteiger partial charge on any atom is 0.159 e. The lowest BCUT2D eigenvalue weighted by Crippen LogP contribution is -1.89. The van der Waals surface area contributed by atoms with E-state index in [9.17, 15) is 4.79 Å². The number of benzene rings is 1. The Balaban J connectivity index is 2.19. The molecule has 0 unspecified atom stereocenters. The first kappa shape index (κ1) is 11.5. The second kappa shape index (κ2) is 4.88. The van der Waals surface area contributed by atoms with Gasteiger partial charge in [-0.3, -0.25) is 4.79 Å². The number of carbonyl (C=O) groups is 1. The Morgan fingerprint density at radius 3 is 2.35 bits per heavy atom. The van der Waals surface area contributed by atoms with Gasteiger partial charge < -0.3 is 4.74 Å². The molecule has 0 bridgehead atoms. The first-order valence-corrected chi connectivity index (χ1v) is 5.59. The molecule has 0 atom stereocenters. The van der Waals surface area contributed by atoms with E-state index in [4.69, 9.17) is 4.74 Å². The molecular formula is C15H14O2. The van der Waals surface area contributed by atoms with Gasteiger partial charge in [-0.2, -0.15) is 0 Å². The van der Waals surface area contributed by atoms with Crippen molar-refractivity contribution in [3.63, 3.8) is 0 Å². The maximum absolute atomic E-state index is 11.3. The van der Waals surface area contributed by atoms with Gasteiger partial charge in [-0.25, -0.2) is 0 Å². The summed E-state index contributed by atoms with van der Waals surface area (Å²) >= 11 is 0. The third-order valence-corrected chi connectivity index (χ3v) is 2.92. The molecule has 86 valence electrons. The zero-order valence-electron chi connectivity index (χ0n) is 10.0. The summed E-state index contributed by atoms with van der Waals surface area (Å²) in [7, 11) is 1.64. The Morgan fingerprint density at radius 2 is 1.82 bits per heavy atom. The zero-order chi connectivity index (χ0) is 12.3. The highest BCUT2D eigenvalue weighted by atomic mass is 16.5. The first-order valence-electron chi connectivity index (χ1n) is 5.59. The predicted molar refractivity (Wildman–Crippen MR) is 66.8 cm³/mol. The Hall–Kier alpha value is -2.01. The SMILES string of the molecule is COc1ccc(C#CC2=C(C)C(=O)CC2)cc1. The number of rotatable bonds is 1. The highest BCUT2D eigenvalue weighted by Crippen LogP contribution is 2.21.